The van der Waals surface area contributed by atoms with Crippen molar-refractivity contribution in [2.45, 2.75) is 65.5 Å². The molecule has 0 amide bonds. The highest BCUT2D eigenvalue weighted by atomic mass is 32.2. The fourth-order valence-electron chi connectivity index (χ4n) is 3.04. The van der Waals surface area contributed by atoms with E-state index in [1.807, 2.05) is 11.8 Å². The van der Waals surface area contributed by atoms with Crippen LogP contribution in [-0.4, -0.2) is 23.0 Å². The number of aliphatic imine (C=N–C) groups is 1. The Kier molecular flexibility index (Phi) is 4.99. The molecule has 0 aromatic heterocycles. The standard InChI is InChI=1S/C15H28N2S/c1-10(2)13-7-5-6-8-14(13)17-15-16-12(4)11(3)9-18-15/h10-14H,5-9H2,1-4H3,(H,16,17). The van der Waals surface area contributed by atoms with Gasteiger partial charge in [-0.15, -0.1) is 0 Å². The SMILES string of the molecule is CC(C)C1CCCCC1N=C1NC(C)C(C)CS1. The van der Waals surface area contributed by atoms with E-state index in [9.17, 15) is 0 Å². The summed E-state index contributed by atoms with van der Waals surface area (Å²) in [7, 11) is 0. The van der Waals surface area contributed by atoms with Crippen LogP contribution in [-0.2, 0) is 0 Å². The smallest absolute Gasteiger partial charge is 0.157 e. The fraction of sp³-hybridized carbons (Fsp3) is 0.933. The van der Waals surface area contributed by atoms with E-state index in [1.54, 1.807) is 0 Å². The van der Waals surface area contributed by atoms with E-state index in [4.69, 9.17) is 4.99 Å². The van der Waals surface area contributed by atoms with E-state index in [0.29, 0.717) is 12.1 Å². The molecular formula is C15H28N2S. The molecule has 3 heteroatoms. The van der Waals surface area contributed by atoms with Gasteiger partial charge in [-0.05, 0) is 37.5 Å². The van der Waals surface area contributed by atoms with Crippen molar-refractivity contribution in [3.63, 3.8) is 0 Å². The summed E-state index contributed by atoms with van der Waals surface area (Å²) < 4.78 is 0. The molecule has 0 aromatic carbocycles. The van der Waals surface area contributed by atoms with E-state index in [-0.39, 0.29) is 0 Å². The lowest BCUT2D eigenvalue weighted by atomic mass is 9.78. The van der Waals surface area contributed by atoms with Crippen molar-refractivity contribution in [2.75, 3.05) is 5.75 Å². The summed E-state index contributed by atoms with van der Waals surface area (Å²) >= 11 is 1.92. The van der Waals surface area contributed by atoms with E-state index in [2.05, 4.69) is 33.0 Å². The molecule has 4 unspecified atom stereocenters. The Balaban J connectivity index is 2.01. The van der Waals surface area contributed by atoms with Crippen LogP contribution in [0.3, 0.4) is 0 Å². The molecule has 4 atom stereocenters. The summed E-state index contributed by atoms with van der Waals surface area (Å²) in [4.78, 5) is 5.05. The molecule has 1 aliphatic heterocycles. The molecule has 2 fully saturated rings. The topological polar surface area (TPSA) is 24.4 Å². The quantitative estimate of drug-likeness (QED) is 0.821. The van der Waals surface area contributed by atoms with Gasteiger partial charge in [0.05, 0.1) is 6.04 Å². The number of thioether (sulfide) groups is 1. The molecule has 104 valence electrons. The lowest BCUT2D eigenvalue weighted by Gasteiger charge is -2.34. The monoisotopic (exact) mass is 268 g/mol. The first-order chi connectivity index (χ1) is 8.58. The maximum atomic E-state index is 5.05. The molecule has 1 N–H and O–H groups in total. The second-order valence-corrected chi connectivity index (χ2v) is 7.42. The average Bonchev–Trinajstić information content (AvgIpc) is 2.34. The van der Waals surface area contributed by atoms with Gasteiger partial charge in [0.2, 0.25) is 0 Å². The first-order valence-electron chi connectivity index (χ1n) is 7.55. The van der Waals surface area contributed by atoms with Gasteiger partial charge in [-0.1, -0.05) is 45.4 Å². The van der Waals surface area contributed by atoms with Crippen molar-refractivity contribution in [1.29, 1.82) is 0 Å². The number of nitrogens with one attached hydrogen (secondary N) is 1. The lowest BCUT2D eigenvalue weighted by molar-refractivity contribution is 0.241. The van der Waals surface area contributed by atoms with Crippen molar-refractivity contribution in [3.05, 3.63) is 0 Å². The van der Waals surface area contributed by atoms with E-state index < -0.39 is 0 Å². The van der Waals surface area contributed by atoms with Crippen molar-refractivity contribution < 1.29 is 0 Å². The summed E-state index contributed by atoms with van der Waals surface area (Å²) in [5.41, 5.74) is 0. The Morgan fingerprint density at radius 3 is 2.61 bits per heavy atom. The van der Waals surface area contributed by atoms with E-state index in [1.165, 1.54) is 36.6 Å². The number of amidine groups is 1. The molecule has 2 rings (SSSR count). The van der Waals surface area contributed by atoms with Gasteiger partial charge in [-0.3, -0.25) is 4.99 Å². The fourth-order valence-corrected chi connectivity index (χ4v) is 4.23. The van der Waals surface area contributed by atoms with Crippen LogP contribution in [0.25, 0.3) is 0 Å². The second-order valence-electron chi connectivity index (χ2n) is 6.42. The van der Waals surface area contributed by atoms with Gasteiger partial charge in [0.25, 0.3) is 0 Å². The van der Waals surface area contributed by atoms with E-state index >= 15 is 0 Å². The highest BCUT2D eigenvalue weighted by Gasteiger charge is 2.29. The van der Waals surface area contributed by atoms with Crippen molar-refractivity contribution in [2.24, 2.45) is 22.7 Å². The molecule has 0 bridgehead atoms. The van der Waals surface area contributed by atoms with Gasteiger partial charge in [-0.2, -0.15) is 0 Å². The Morgan fingerprint density at radius 2 is 1.94 bits per heavy atom. The Bertz CT molecular complexity index is 301. The van der Waals surface area contributed by atoms with Gasteiger partial charge in [0, 0.05) is 11.8 Å². The highest BCUT2D eigenvalue weighted by Crippen LogP contribution is 2.33. The van der Waals surface area contributed by atoms with Crippen molar-refractivity contribution in [1.82, 2.24) is 5.32 Å². The predicted molar refractivity (Wildman–Crippen MR) is 82.2 cm³/mol. The number of hydrogen-bond acceptors (Lipinski definition) is 2. The molecule has 2 nitrogen and oxygen atoms in total. The molecule has 0 spiro atoms. The third kappa shape index (κ3) is 3.43. The molecule has 1 aliphatic carbocycles. The molecule has 1 heterocycles. The van der Waals surface area contributed by atoms with Gasteiger partial charge < -0.3 is 5.32 Å². The predicted octanol–water partition coefficient (Wildman–Crippen LogP) is 3.92. The van der Waals surface area contributed by atoms with Gasteiger partial charge in [0.15, 0.2) is 5.17 Å². The molecule has 2 aliphatic rings. The van der Waals surface area contributed by atoms with Crippen molar-refractivity contribution >= 4 is 16.9 Å². The lowest BCUT2D eigenvalue weighted by Crippen LogP contribution is -2.42. The van der Waals surface area contributed by atoms with E-state index in [0.717, 1.165) is 17.8 Å². The molecule has 1 saturated heterocycles. The number of rotatable bonds is 2. The third-order valence-electron chi connectivity index (χ3n) is 4.61. The maximum Gasteiger partial charge on any atom is 0.157 e. The molecule has 1 saturated carbocycles. The number of hydrogen-bond donors (Lipinski definition) is 1. The minimum absolute atomic E-state index is 0.564. The summed E-state index contributed by atoms with van der Waals surface area (Å²) in [5, 5.41) is 4.79. The summed E-state index contributed by atoms with van der Waals surface area (Å²) in [5.74, 6) is 3.53. The van der Waals surface area contributed by atoms with Crippen LogP contribution in [0, 0.1) is 17.8 Å². The Labute approximate surface area is 116 Å². The first-order valence-corrected chi connectivity index (χ1v) is 8.53. The second kappa shape index (κ2) is 6.31. The summed E-state index contributed by atoms with van der Waals surface area (Å²) in [6, 6.07) is 1.14. The van der Waals surface area contributed by atoms with Gasteiger partial charge in [0.1, 0.15) is 0 Å². The maximum absolute atomic E-state index is 5.05. The van der Waals surface area contributed by atoms with Crippen LogP contribution >= 0.6 is 11.8 Å². The van der Waals surface area contributed by atoms with Crippen LogP contribution in [0.2, 0.25) is 0 Å². The molecular weight excluding hydrogens is 240 g/mol. The van der Waals surface area contributed by atoms with Crippen LogP contribution in [0.5, 0.6) is 0 Å². The summed E-state index contributed by atoms with van der Waals surface area (Å²) in [6.45, 7) is 9.31. The molecule has 0 aromatic rings. The first kappa shape index (κ1) is 14.2. The zero-order valence-corrected chi connectivity index (χ0v) is 13.1. The Hall–Kier alpha value is -0.180. The molecule has 0 radical (unpaired) electrons. The third-order valence-corrected chi connectivity index (χ3v) is 5.80. The minimum Gasteiger partial charge on any atom is -0.362 e. The van der Waals surface area contributed by atoms with Crippen LogP contribution < -0.4 is 5.32 Å². The zero-order valence-electron chi connectivity index (χ0n) is 12.3. The zero-order chi connectivity index (χ0) is 13.1. The van der Waals surface area contributed by atoms with Crippen LogP contribution in [0.15, 0.2) is 4.99 Å². The van der Waals surface area contributed by atoms with Gasteiger partial charge in [-0.25, -0.2) is 0 Å². The number of nitrogens with zero attached hydrogens (tertiary/aromatic N) is 1. The van der Waals surface area contributed by atoms with Crippen LogP contribution in [0.1, 0.15) is 53.4 Å². The minimum atomic E-state index is 0.564. The normalized spacial score (nSPS) is 39.9. The molecule has 18 heavy (non-hydrogen) atoms. The summed E-state index contributed by atoms with van der Waals surface area (Å²) in [6.07, 6.45) is 5.42. The average molecular weight is 268 g/mol. The van der Waals surface area contributed by atoms with Gasteiger partial charge >= 0.3 is 0 Å². The van der Waals surface area contributed by atoms with Crippen LogP contribution in [0.4, 0.5) is 0 Å². The largest absolute Gasteiger partial charge is 0.362 e. The Morgan fingerprint density at radius 1 is 1.22 bits per heavy atom. The van der Waals surface area contributed by atoms with Crippen molar-refractivity contribution in [3.8, 4) is 0 Å². The highest BCUT2D eigenvalue weighted by molar-refractivity contribution is 8.13.